The molecular formula is C50H53N7O7. The van der Waals surface area contributed by atoms with E-state index in [9.17, 15) is 19.2 Å². The molecule has 2 saturated heterocycles. The van der Waals surface area contributed by atoms with Crippen LogP contribution in [0.3, 0.4) is 0 Å². The number of nitrogens with one attached hydrogen (secondary N) is 3. The van der Waals surface area contributed by atoms with Crippen molar-refractivity contribution < 1.29 is 33.4 Å². The predicted octanol–water partition coefficient (Wildman–Crippen LogP) is 7.68. The standard InChI is InChI=1S/C50H53N7O7/c1-29(2)44(55-50(61)63-4)49(60)57-21-22-64-28-42(57)47-52-39-19-17-35-24-34(16-18-37(35)45(39)54-47)31-12-13-33-25-36(15-14-32(33)23-31)40-27-51-46(53-40)41-11-8-20-56(41)48(59)38(26-43(58)62-3)30-9-6-5-7-10-30/h5-7,9-10,12-16,18,23-25,27,29,38,41-42,44H,8,11,17,19-22,26,28H2,1-4H3,(H,51,53)(H,52,54)(H,55,61)/t38-,41+,42+,44+/m1/s1. The van der Waals surface area contributed by atoms with Crippen LogP contribution in [0.5, 0.6) is 0 Å². The Morgan fingerprint density at radius 3 is 2.31 bits per heavy atom. The normalized spacial score (nSPS) is 18.0. The van der Waals surface area contributed by atoms with Gasteiger partial charge in [-0.3, -0.25) is 14.4 Å². The van der Waals surface area contributed by atoms with Gasteiger partial charge in [0.2, 0.25) is 11.8 Å². The zero-order valence-electron chi connectivity index (χ0n) is 36.6. The minimum absolute atomic E-state index is 0.0220. The molecule has 14 heteroatoms. The first kappa shape index (κ1) is 42.5. The number of carbonyl (C=O) groups excluding carboxylic acids is 4. The van der Waals surface area contributed by atoms with Crippen molar-refractivity contribution in [3.63, 3.8) is 0 Å². The van der Waals surface area contributed by atoms with Gasteiger partial charge in [-0.05, 0) is 76.8 Å². The summed E-state index contributed by atoms with van der Waals surface area (Å²) in [6, 6.07) is 27.5. The van der Waals surface area contributed by atoms with Gasteiger partial charge in [-0.25, -0.2) is 14.8 Å². The first-order valence-electron chi connectivity index (χ1n) is 22.1. The molecule has 2 aliphatic heterocycles. The number of alkyl carbamates (subject to hydrolysis) is 1. The van der Waals surface area contributed by atoms with E-state index in [0.29, 0.717) is 32.1 Å². The largest absolute Gasteiger partial charge is 0.469 e. The Balaban J connectivity index is 0.911. The lowest BCUT2D eigenvalue weighted by Gasteiger charge is -2.37. The highest BCUT2D eigenvalue weighted by atomic mass is 16.5. The van der Waals surface area contributed by atoms with Gasteiger partial charge in [0.15, 0.2) is 0 Å². The Kier molecular flexibility index (Phi) is 12.0. The predicted molar refractivity (Wildman–Crippen MR) is 241 cm³/mol. The molecule has 3 N–H and O–H groups in total. The van der Waals surface area contributed by atoms with Gasteiger partial charge in [-0.2, -0.15) is 0 Å². The Labute approximate surface area is 371 Å². The van der Waals surface area contributed by atoms with Crippen molar-refractivity contribution in [1.29, 1.82) is 0 Å². The highest BCUT2D eigenvalue weighted by molar-refractivity contribution is 5.91. The van der Waals surface area contributed by atoms with Gasteiger partial charge in [0.1, 0.15) is 23.7 Å². The number of H-pyrrole nitrogens is 2. The molecule has 1 aliphatic carbocycles. The van der Waals surface area contributed by atoms with Crippen molar-refractivity contribution >= 4 is 34.6 Å². The summed E-state index contributed by atoms with van der Waals surface area (Å²) in [6.07, 6.45) is 4.42. The minimum Gasteiger partial charge on any atom is -0.469 e. The second-order valence-electron chi connectivity index (χ2n) is 17.2. The van der Waals surface area contributed by atoms with Crippen LogP contribution in [0.2, 0.25) is 0 Å². The van der Waals surface area contributed by atoms with Crippen molar-refractivity contribution in [2.75, 3.05) is 40.5 Å². The van der Waals surface area contributed by atoms with E-state index in [2.05, 4.69) is 69.9 Å². The molecule has 4 aromatic carbocycles. The Hall–Kier alpha value is -6.80. The van der Waals surface area contributed by atoms with Gasteiger partial charge in [0.25, 0.3) is 0 Å². The summed E-state index contributed by atoms with van der Waals surface area (Å²) < 4.78 is 15.6. The van der Waals surface area contributed by atoms with Crippen molar-refractivity contribution in [3.8, 4) is 33.6 Å². The zero-order valence-corrected chi connectivity index (χ0v) is 36.6. The van der Waals surface area contributed by atoms with Crippen LogP contribution in [0.25, 0.3) is 44.4 Å². The number of ether oxygens (including phenoxy) is 3. The van der Waals surface area contributed by atoms with Crippen LogP contribution in [0.15, 0.2) is 91.1 Å². The maximum Gasteiger partial charge on any atom is 0.407 e. The number of esters is 1. The van der Waals surface area contributed by atoms with Gasteiger partial charge in [-0.15, -0.1) is 0 Å². The molecule has 4 heterocycles. The molecule has 2 fully saturated rings. The van der Waals surface area contributed by atoms with Crippen LogP contribution in [0.4, 0.5) is 4.79 Å². The Bertz CT molecular complexity index is 2710. The molecule has 4 atom stereocenters. The Morgan fingerprint density at radius 2 is 1.55 bits per heavy atom. The molecule has 330 valence electrons. The van der Waals surface area contributed by atoms with Gasteiger partial charge in [0.05, 0.1) is 63.4 Å². The number of aromatic nitrogens is 4. The lowest BCUT2D eigenvalue weighted by Crippen LogP contribution is -2.54. The molecule has 9 rings (SSSR count). The molecule has 0 saturated carbocycles. The van der Waals surface area contributed by atoms with E-state index in [4.69, 9.17) is 24.2 Å². The third kappa shape index (κ3) is 8.37. The molecule has 64 heavy (non-hydrogen) atoms. The summed E-state index contributed by atoms with van der Waals surface area (Å²) in [5, 5.41) is 4.92. The molecule has 3 amide bonds. The van der Waals surface area contributed by atoms with E-state index in [0.717, 1.165) is 87.2 Å². The molecule has 0 unspecified atom stereocenters. The quantitative estimate of drug-likeness (QED) is 0.111. The summed E-state index contributed by atoms with van der Waals surface area (Å²) >= 11 is 0. The number of methoxy groups -OCH3 is 2. The van der Waals surface area contributed by atoms with Gasteiger partial charge >= 0.3 is 12.1 Å². The second-order valence-corrected chi connectivity index (χ2v) is 17.2. The summed E-state index contributed by atoms with van der Waals surface area (Å²) in [6.45, 7) is 5.48. The van der Waals surface area contributed by atoms with Crippen molar-refractivity contribution in [1.82, 2.24) is 35.1 Å². The number of nitrogens with zero attached hydrogens (tertiary/aromatic N) is 4. The monoisotopic (exact) mass is 863 g/mol. The topological polar surface area (TPSA) is 172 Å². The number of likely N-dealkylation sites (tertiary alicyclic amines) is 1. The molecule has 2 aromatic heterocycles. The van der Waals surface area contributed by atoms with E-state index in [1.165, 1.54) is 19.8 Å². The third-order valence-corrected chi connectivity index (χ3v) is 13.0. The second kappa shape index (κ2) is 18.1. The van der Waals surface area contributed by atoms with Crippen LogP contribution < -0.4 is 5.32 Å². The van der Waals surface area contributed by atoms with Crippen LogP contribution in [-0.2, 0) is 41.4 Å². The average molecular weight is 864 g/mol. The fourth-order valence-corrected chi connectivity index (χ4v) is 9.48. The number of hydrogen-bond donors (Lipinski definition) is 3. The van der Waals surface area contributed by atoms with E-state index >= 15 is 0 Å². The molecule has 6 aromatic rings. The summed E-state index contributed by atoms with van der Waals surface area (Å²) in [7, 11) is 2.64. The number of fused-ring (bicyclic) bond motifs is 4. The smallest absolute Gasteiger partial charge is 0.407 e. The average Bonchev–Trinajstić information content (AvgIpc) is 4.12. The molecule has 3 aliphatic rings. The summed E-state index contributed by atoms with van der Waals surface area (Å²) in [5.74, 6) is -0.0800. The number of aromatic amines is 2. The highest BCUT2D eigenvalue weighted by Gasteiger charge is 2.39. The zero-order chi connectivity index (χ0) is 44.5. The summed E-state index contributed by atoms with van der Waals surface area (Å²) in [4.78, 5) is 72.9. The van der Waals surface area contributed by atoms with E-state index in [-0.39, 0.29) is 30.2 Å². The van der Waals surface area contributed by atoms with Crippen molar-refractivity contribution in [3.05, 3.63) is 120 Å². The van der Waals surface area contributed by atoms with Gasteiger partial charge in [-0.1, -0.05) is 86.6 Å². The van der Waals surface area contributed by atoms with Gasteiger partial charge in [0, 0.05) is 29.9 Å². The van der Waals surface area contributed by atoms with Crippen molar-refractivity contribution in [2.24, 2.45) is 5.92 Å². The van der Waals surface area contributed by atoms with Gasteiger partial charge < -0.3 is 39.3 Å². The molecule has 0 bridgehead atoms. The fraction of sp³-hybridized carbons (Fsp3) is 0.360. The highest BCUT2D eigenvalue weighted by Crippen LogP contribution is 2.39. The van der Waals surface area contributed by atoms with Crippen LogP contribution in [0, 0.1) is 5.92 Å². The van der Waals surface area contributed by atoms with Crippen LogP contribution >= 0.6 is 0 Å². The number of imidazole rings is 2. The maximum atomic E-state index is 14.0. The van der Waals surface area contributed by atoms with Crippen LogP contribution in [0.1, 0.15) is 79.6 Å². The molecule has 14 nitrogen and oxygen atoms in total. The number of amides is 3. The fourth-order valence-electron chi connectivity index (χ4n) is 9.48. The number of hydrogen-bond acceptors (Lipinski definition) is 9. The minimum atomic E-state index is -0.742. The first-order valence-corrected chi connectivity index (χ1v) is 22.1. The number of rotatable bonds is 11. The SMILES string of the molecule is COC(=O)C[C@@H](C(=O)N1CCC[C@H]1c1ncc(-c2ccc3cc(-c4ccc5c(c4)CCc4[nH]c([C@@H]6COCCN6C(=O)[C@@H](NC(=O)OC)C(C)C)nc4-5)ccc3c2)[nH]1)c1ccccc1. The number of morpholine rings is 1. The molecule has 0 spiro atoms. The lowest BCUT2D eigenvalue weighted by molar-refractivity contribution is -0.145. The third-order valence-electron chi connectivity index (χ3n) is 13.0. The first-order chi connectivity index (χ1) is 31.1. The van der Waals surface area contributed by atoms with E-state index in [1.807, 2.05) is 55.3 Å². The Morgan fingerprint density at radius 1 is 0.812 bits per heavy atom. The lowest BCUT2D eigenvalue weighted by atomic mass is 9.89. The number of aryl methyl sites for hydroxylation is 2. The summed E-state index contributed by atoms with van der Waals surface area (Å²) in [5.41, 5.74) is 9.10. The molecular weight excluding hydrogens is 811 g/mol. The van der Waals surface area contributed by atoms with E-state index < -0.39 is 30.1 Å². The molecule has 0 radical (unpaired) electrons. The van der Waals surface area contributed by atoms with Crippen LogP contribution in [-0.4, -0.2) is 100 Å². The maximum absolute atomic E-state index is 14.0. The number of benzene rings is 4. The van der Waals surface area contributed by atoms with Crippen molar-refractivity contribution in [2.45, 2.75) is 70.0 Å². The number of carbonyl (C=O) groups is 4. The van der Waals surface area contributed by atoms with E-state index in [1.54, 1.807) is 4.90 Å².